The van der Waals surface area contributed by atoms with Crippen LogP contribution in [-0.2, 0) is 4.74 Å². The van der Waals surface area contributed by atoms with Gasteiger partial charge >= 0.3 is 6.09 Å². The van der Waals surface area contributed by atoms with Gasteiger partial charge in [-0.2, -0.15) is 0 Å². The number of thiazole rings is 1. The van der Waals surface area contributed by atoms with E-state index in [2.05, 4.69) is 10.3 Å². The van der Waals surface area contributed by atoms with Crippen LogP contribution in [-0.4, -0.2) is 47.1 Å². The summed E-state index contributed by atoms with van der Waals surface area (Å²) >= 11 is 3.12. The molecule has 6 nitrogen and oxygen atoms in total. The van der Waals surface area contributed by atoms with E-state index in [-0.39, 0.29) is 12.0 Å². The first-order chi connectivity index (χ1) is 11.7. The molecule has 1 atom stereocenters. The van der Waals surface area contributed by atoms with Gasteiger partial charge in [0.25, 0.3) is 5.91 Å². The third-order valence-electron chi connectivity index (χ3n) is 4.50. The second-order valence-corrected chi connectivity index (χ2v) is 7.89. The minimum Gasteiger partial charge on any atom is -0.441 e. The van der Waals surface area contributed by atoms with Crippen molar-refractivity contribution in [2.45, 2.75) is 24.9 Å². The largest absolute Gasteiger partial charge is 0.441 e. The van der Waals surface area contributed by atoms with E-state index in [0.29, 0.717) is 31.7 Å². The van der Waals surface area contributed by atoms with Crippen molar-refractivity contribution in [1.29, 1.82) is 0 Å². The molecule has 2 aliphatic heterocycles. The molecule has 126 valence electrons. The molecule has 2 aromatic heterocycles. The van der Waals surface area contributed by atoms with Crippen molar-refractivity contribution < 1.29 is 14.3 Å². The zero-order valence-corrected chi connectivity index (χ0v) is 14.6. The molecule has 0 aliphatic carbocycles. The second kappa shape index (κ2) is 6.18. The van der Waals surface area contributed by atoms with Crippen LogP contribution in [0.3, 0.4) is 0 Å². The molecule has 0 aromatic carbocycles. The van der Waals surface area contributed by atoms with E-state index >= 15 is 0 Å². The van der Waals surface area contributed by atoms with Crippen LogP contribution in [0.25, 0.3) is 9.88 Å². The van der Waals surface area contributed by atoms with E-state index in [9.17, 15) is 9.59 Å². The van der Waals surface area contributed by atoms with E-state index in [0.717, 1.165) is 22.7 Å². The number of nitrogens with one attached hydrogen (secondary N) is 1. The van der Waals surface area contributed by atoms with Crippen LogP contribution >= 0.6 is 22.7 Å². The minimum absolute atomic E-state index is 0.0385. The van der Waals surface area contributed by atoms with Gasteiger partial charge in [0.05, 0.1) is 11.4 Å². The molecule has 24 heavy (non-hydrogen) atoms. The van der Waals surface area contributed by atoms with Crippen LogP contribution in [0.2, 0.25) is 0 Å². The maximum atomic E-state index is 12.8. The lowest BCUT2D eigenvalue weighted by Crippen LogP contribution is -2.36. The Bertz CT molecular complexity index is 758. The van der Waals surface area contributed by atoms with Gasteiger partial charge in [0, 0.05) is 24.9 Å². The zero-order chi connectivity index (χ0) is 16.6. The Labute approximate surface area is 147 Å². The number of nitrogens with zero attached hydrogens (tertiary/aromatic N) is 2. The van der Waals surface area contributed by atoms with Crippen molar-refractivity contribution >= 4 is 34.7 Å². The van der Waals surface area contributed by atoms with Gasteiger partial charge in [0.15, 0.2) is 0 Å². The topological polar surface area (TPSA) is 71.5 Å². The number of amides is 2. The molecular formula is C16H17N3O3S2. The monoisotopic (exact) mass is 363 g/mol. The predicted molar refractivity (Wildman–Crippen MR) is 92.4 cm³/mol. The highest BCUT2D eigenvalue weighted by atomic mass is 32.1. The molecule has 8 heteroatoms. The van der Waals surface area contributed by atoms with Crippen molar-refractivity contribution in [2.24, 2.45) is 0 Å². The third-order valence-corrected chi connectivity index (χ3v) is 6.39. The van der Waals surface area contributed by atoms with Gasteiger partial charge in [-0.05, 0) is 24.3 Å². The van der Waals surface area contributed by atoms with Crippen molar-refractivity contribution in [3.8, 4) is 9.88 Å². The van der Waals surface area contributed by atoms with Crippen molar-refractivity contribution in [3.05, 3.63) is 28.6 Å². The summed E-state index contributed by atoms with van der Waals surface area (Å²) in [5.74, 6) is -0.0385. The molecule has 0 saturated carbocycles. The molecular weight excluding hydrogens is 346 g/mol. The molecule has 2 saturated heterocycles. The van der Waals surface area contributed by atoms with Gasteiger partial charge in [-0.1, -0.05) is 6.07 Å². The van der Waals surface area contributed by atoms with E-state index in [1.54, 1.807) is 11.3 Å². The van der Waals surface area contributed by atoms with Crippen LogP contribution in [0, 0.1) is 0 Å². The summed E-state index contributed by atoms with van der Waals surface area (Å²) in [5.41, 5.74) is 0.0527. The molecule has 2 fully saturated rings. The van der Waals surface area contributed by atoms with Gasteiger partial charge in [-0.15, -0.1) is 22.7 Å². The molecule has 2 aliphatic rings. The molecule has 2 aromatic rings. The number of hydrogen-bond donors (Lipinski definition) is 1. The number of ether oxygens (including phenoxy) is 1. The number of hydrogen-bond acceptors (Lipinski definition) is 6. The summed E-state index contributed by atoms with van der Waals surface area (Å²) in [6, 6.07) is 3.99. The number of likely N-dealkylation sites (tertiary alicyclic amines) is 1. The van der Waals surface area contributed by atoms with Crippen LogP contribution in [0.15, 0.2) is 22.9 Å². The van der Waals surface area contributed by atoms with E-state index in [1.165, 1.54) is 11.3 Å². The maximum absolute atomic E-state index is 12.8. The van der Waals surface area contributed by atoms with Gasteiger partial charge in [0.1, 0.15) is 16.3 Å². The Hall–Kier alpha value is -1.93. The standard InChI is InChI=1S/C16H17N3O3S2/c20-14(11-9-24-13(18-11)12-3-1-8-23-12)19-6-2-4-16(5-7-19)10-17-15(21)22-16/h1,3,8-9H,2,4-7,10H2,(H,17,21). The Morgan fingerprint density at radius 3 is 3.00 bits per heavy atom. The quantitative estimate of drug-likeness (QED) is 0.890. The molecule has 4 heterocycles. The smallest absolute Gasteiger partial charge is 0.407 e. The van der Waals surface area contributed by atoms with E-state index < -0.39 is 5.60 Å². The lowest BCUT2D eigenvalue weighted by molar-refractivity contribution is 0.0438. The predicted octanol–water partition coefficient (Wildman–Crippen LogP) is 2.98. The van der Waals surface area contributed by atoms with E-state index in [1.807, 2.05) is 27.8 Å². The highest BCUT2D eigenvalue weighted by Gasteiger charge is 2.42. The Kier molecular flexibility index (Phi) is 4.01. The number of carbonyl (C=O) groups excluding carboxylic acids is 2. The number of rotatable bonds is 2. The van der Waals surface area contributed by atoms with Crippen molar-refractivity contribution in [2.75, 3.05) is 19.6 Å². The fourth-order valence-electron chi connectivity index (χ4n) is 3.20. The first-order valence-electron chi connectivity index (χ1n) is 7.91. The normalized spacial score (nSPS) is 23.8. The van der Waals surface area contributed by atoms with Crippen LogP contribution in [0.1, 0.15) is 29.8 Å². The van der Waals surface area contributed by atoms with Crippen molar-refractivity contribution in [3.63, 3.8) is 0 Å². The lowest BCUT2D eigenvalue weighted by Gasteiger charge is -2.24. The summed E-state index contributed by atoms with van der Waals surface area (Å²) in [6.07, 6.45) is 1.92. The average Bonchev–Trinajstić information content (AvgIpc) is 3.28. The summed E-state index contributed by atoms with van der Waals surface area (Å²) in [6.45, 7) is 1.79. The Morgan fingerprint density at radius 1 is 1.33 bits per heavy atom. The summed E-state index contributed by atoms with van der Waals surface area (Å²) in [5, 5.41) is 7.44. The third kappa shape index (κ3) is 2.91. The van der Waals surface area contributed by atoms with Crippen LogP contribution < -0.4 is 5.32 Å². The maximum Gasteiger partial charge on any atom is 0.407 e. The van der Waals surface area contributed by atoms with Gasteiger partial charge < -0.3 is 15.0 Å². The number of alkyl carbamates (subject to hydrolysis) is 1. The minimum atomic E-state index is -0.448. The van der Waals surface area contributed by atoms with Gasteiger partial charge in [0.2, 0.25) is 0 Å². The zero-order valence-electron chi connectivity index (χ0n) is 13.0. The number of carbonyl (C=O) groups is 2. The van der Waals surface area contributed by atoms with Gasteiger partial charge in [-0.3, -0.25) is 4.79 Å². The molecule has 0 bridgehead atoms. The second-order valence-electron chi connectivity index (χ2n) is 6.09. The molecule has 2 amide bonds. The van der Waals surface area contributed by atoms with Crippen LogP contribution in [0.4, 0.5) is 4.79 Å². The number of thiophene rings is 1. The van der Waals surface area contributed by atoms with E-state index in [4.69, 9.17) is 4.74 Å². The Balaban J connectivity index is 1.46. The number of aromatic nitrogens is 1. The lowest BCUT2D eigenvalue weighted by atomic mass is 9.95. The molecule has 4 rings (SSSR count). The van der Waals surface area contributed by atoms with Gasteiger partial charge in [-0.25, -0.2) is 9.78 Å². The molecule has 1 N–H and O–H groups in total. The SMILES string of the molecule is O=C1NCC2(CCCN(C(=O)c3csc(-c4cccs4)n3)CC2)O1. The Morgan fingerprint density at radius 2 is 2.25 bits per heavy atom. The highest BCUT2D eigenvalue weighted by Crippen LogP contribution is 2.31. The average molecular weight is 363 g/mol. The highest BCUT2D eigenvalue weighted by molar-refractivity contribution is 7.20. The fraction of sp³-hybridized carbons (Fsp3) is 0.438. The first kappa shape index (κ1) is 15.6. The summed E-state index contributed by atoms with van der Waals surface area (Å²) in [7, 11) is 0. The fourth-order valence-corrected chi connectivity index (χ4v) is 4.81. The molecule has 1 spiro atoms. The summed E-state index contributed by atoms with van der Waals surface area (Å²) < 4.78 is 5.46. The van der Waals surface area contributed by atoms with Crippen LogP contribution in [0.5, 0.6) is 0 Å². The molecule has 0 radical (unpaired) electrons. The first-order valence-corrected chi connectivity index (χ1v) is 9.67. The molecule has 1 unspecified atom stereocenters. The summed E-state index contributed by atoms with van der Waals surface area (Å²) in [4.78, 5) is 31.5. The van der Waals surface area contributed by atoms with Crippen molar-refractivity contribution in [1.82, 2.24) is 15.2 Å².